The number of alkyl carbamates (subject to hydrolysis) is 1. The molecular weight excluding hydrogens is 634 g/mol. The minimum Gasteiger partial charge on any atom is -0.488 e. The number of H-pyrrole nitrogens is 2. The van der Waals surface area contributed by atoms with Gasteiger partial charge in [0.05, 0.1) is 54.8 Å². The van der Waals surface area contributed by atoms with Crippen LogP contribution in [0.25, 0.3) is 44.2 Å². The lowest BCUT2D eigenvalue weighted by molar-refractivity contribution is -0.0461. The lowest BCUT2D eigenvalue weighted by atomic mass is 9.92. The zero-order chi connectivity index (χ0) is 34.5. The van der Waals surface area contributed by atoms with E-state index in [4.69, 9.17) is 19.2 Å². The Morgan fingerprint density at radius 2 is 2.00 bits per heavy atom. The number of hydrogen-bond donors (Lipinski definition) is 5. The van der Waals surface area contributed by atoms with Gasteiger partial charge in [0.25, 0.3) is 0 Å². The highest BCUT2D eigenvalue weighted by Gasteiger charge is 2.42. The molecule has 0 radical (unpaired) electrons. The van der Waals surface area contributed by atoms with Gasteiger partial charge < -0.3 is 39.9 Å². The van der Waals surface area contributed by atoms with Gasteiger partial charge in [-0.3, -0.25) is 4.90 Å². The van der Waals surface area contributed by atoms with Gasteiger partial charge in [0.1, 0.15) is 30.2 Å². The number of amides is 1. The minimum absolute atomic E-state index is 0.0359. The number of rotatable bonds is 9. The lowest BCUT2D eigenvalue weighted by Gasteiger charge is -2.35. The Morgan fingerprint density at radius 1 is 1.12 bits per heavy atom. The second-order valence-corrected chi connectivity index (χ2v) is 14.2. The fraction of sp³-hybridized carbons (Fsp3) is 0.447. The molecule has 5 atom stereocenters. The molecule has 2 aromatic heterocycles. The first-order chi connectivity index (χ1) is 24.3. The summed E-state index contributed by atoms with van der Waals surface area (Å²) in [7, 11) is 3.02. The van der Waals surface area contributed by atoms with E-state index in [-0.39, 0.29) is 17.9 Å². The molecule has 12 nitrogen and oxygen atoms in total. The monoisotopic (exact) mass is 679 g/mol. The summed E-state index contributed by atoms with van der Waals surface area (Å²) in [5, 5.41) is 20.1. The summed E-state index contributed by atoms with van der Waals surface area (Å²) in [4.78, 5) is 31.1. The van der Waals surface area contributed by atoms with Crippen molar-refractivity contribution in [3.63, 3.8) is 0 Å². The van der Waals surface area contributed by atoms with E-state index in [1.165, 1.54) is 13.5 Å². The zero-order valence-corrected chi connectivity index (χ0v) is 29.0. The van der Waals surface area contributed by atoms with Crippen molar-refractivity contribution in [1.82, 2.24) is 35.5 Å². The average molecular weight is 680 g/mol. The van der Waals surface area contributed by atoms with Gasteiger partial charge in [-0.2, -0.15) is 0 Å². The highest BCUT2D eigenvalue weighted by atomic mass is 16.5. The molecule has 5 heterocycles. The van der Waals surface area contributed by atoms with E-state index in [2.05, 4.69) is 68.1 Å². The van der Waals surface area contributed by atoms with E-state index in [1.807, 2.05) is 24.9 Å². The standard InChI is InChI=1S/C38H45N7O5/c1-20(2)33(44-38(47)49-4)37(46)45-17-21(18-48-3)12-31(45)36-41-28-10-8-22-14-27-25-9-7-23(30-16-40-35(42-30)29-6-5-11-39-29)13-24(25)19-50-32(27)15-26(22)34(28)43-36/h7-10,13-16,20-21,29,31,33,37,39,46H,5-6,11-12,17-19H2,1-4H3,(H,40,42)(H,41,43)(H,44,47). The molecule has 3 aliphatic rings. The Bertz CT molecular complexity index is 2030. The third kappa shape index (κ3) is 5.89. The molecule has 262 valence electrons. The van der Waals surface area contributed by atoms with Crippen LogP contribution < -0.4 is 15.4 Å². The first-order valence-corrected chi connectivity index (χ1v) is 17.6. The van der Waals surface area contributed by atoms with Crippen LogP contribution in [0.15, 0.2) is 48.7 Å². The van der Waals surface area contributed by atoms with Crippen molar-refractivity contribution >= 4 is 27.9 Å². The second kappa shape index (κ2) is 13.3. The van der Waals surface area contributed by atoms with Crippen molar-refractivity contribution in [2.24, 2.45) is 11.8 Å². The summed E-state index contributed by atoms with van der Waals surface area (Å²) in [6.07, 6.45) is 3.43. The largest absolute Gasteiger partial charge is 0.488 e. The Hall–Kier alpha value is -4.49. The molecule has 2 saturated heterocycles. The van der Waals surface area contributed by atoms with Crippen LogP contribution in [0.5, 0.6) is 5.75 Å². The molecule has 5 aromatic rings. The third-order valence-corrected chi connectivity index (χ3v) is 10.7. The number of carbonyl (C=O) groups is 1. The first-order valence-electron chi connectivity index (χ1n) is 17.6. The van der Waals surface area contributed by atoms with Gasteiger partial charge >= 0.3 is 6.09 Å². The first kappa shape index (κ1) is 32.7. The maximum absolute atomic E-state index is 12.2. The van der Waals surface area contributed by atoms with Crippen LogP contribution in [-0.4, -0.2) is 82.2 Å². The number of likely N-dealkylation sites (tertiary alicyclic amines) is 1. The van der Waals surface area contributed by atoms with Crippen molar-refractivity contribution in [3.05, 3.63) is 65.9 Å². The summed E-state index contributed by atoms with van der Waals surface area (Å²) in [5.41, 5.74) is 7.24. The number of nitrogens with zero attached hydrogens (tertiary/aromatic N) is 3. The number of imidazole rings is 2. The van der Waals surface area contributed by atoms with Crippen molar-refractivity contribution in [1.29, 1.82) is 0 Å². The predicted molar refractivity (Wildman–Crippen MR) is 191 cm³/mol. The molecule has 0 aliphatic carbocycles. The fourth-order valence-corrected chi connectivity index (χ4v) is 8.06. The molecule has 5 unspecified atom stereocenters. The highest BCUT2D eigenvalue weighted by Crippen LogP contribution is 2.44. The van der Waals surface area contributed by atoms with Gasteiger partial charge in [-0.05, 0) is 84.0 Å². The average Bonchev–Trinajstić information content (AvgIpc) is 3.95. The number of hydrogen-bond acceptors (Lipinski definition) is 9. The van der Waals surface area contributed by atoms with Crippen molar-refractivity contribution in [2.75, 3.05) is 33.9 Å². The van der Waals surface area contributed by atoms with Crippen LogP contribution in [0.3, 0.4) is 0 Å². The Morgan fingerprint density at radius 3 is 2.78 bits per heavy atom. The maximum atomic E-state index is 12.2. The topological polar surface area (TPSA) is 150 Å². The normalized spacial score (nSPS) is 21.7. The summed E-state index contributed by atoms with van der Waals surface area (Å²) in [6.45, 7) is 6.61. The Kier molecular flexibility index (Phi) is 8.72. The van der Waals surface area contributed by atoms with Crippen molar-refractivity contribution in [2.45, 2.75) is 64.1 Å². The summed E-state index contributed by atoms with van der Waals surface area (Å²) >= 11 is 0. The molecule has 3 aliphatic heterocycles. The number of benzene rings is 3. The maximum Gasteiger partial charge on any atom is 0.407 e. The van der Waals surface area contributed by atoms with Crippen LogP contribution in [0.1, 0.15) is 62.4 Å². The molecule has 0 bridgehead atoms. The number of aromatic nitrogens is 4. The van der Waals surface area contributed by atoms with Crippen LogP contribution in [0.4, 0.5) is 4.79 Å². The Balaban J connectivity index is 1.10. The molecule has 5 N–H and O–H groups in total. The summed E-state index contributed by atoms with van der Waals surface area (Å²) in [6, 6.07) is 14.6. The number of fused-ring (bicyclic) bond motifs is 6. The molecule has 0 spiro atoms. The van der Waals surface area contributed by atoms with Crippen LogP contribution >= 0.6 is 0 Å². The number of carbonyl (C=O) groups excluding carboxylic acids is 1. The molecule has 8 rings (SSSR count). The number of aliphatic hydroxyl groups is 1. The quantitative estimate of drug-likeness (QED) is 0.130. The molecule has 50 heavy (non-hydrogen) atoms. The number of ether oxygens (including phenoxy) is 3. The zero-order valence-electron chi connectivity index (χ0n) is 29.0. The highest BCUT2D eigenvalue weighted by molar-refractivity contribution is 6.07. The van der Waals surface area contributed by atoms with Gasteiger partial charge in [-0.25, -0.2) is 14.8 Å². The van der Waals surface area contributed by atoms with Gasteiger partial charge in [0.2, 0.25) is 0 Å². The van der Waals surface area contributed by atoms with Gasteiger partial charge in [-0.15, -0.1) is 0 Å². The van der Waals surface area contributed by atoms with Gasteiger partial charge in [-0.1, -0.05) is 32.0 Å². The van der Waals surface area contributed by atoms with Crippen LogP contribution in [-0.2, 0) is 16.1 Å². The van der Waals surface area contributed by atoms with E-state index in [0.717, 1.165) is 86.5 Å². The molecule has 1 amide bonds. The van der Waals surface area contributed by atoms with E-state index in [9.17, 15) is 9.90 Å². The SMILES string of the molecule is COCC1CC(c2nc3c(ccc4cc5c(cc43)OCc3cc(-c4cnc(C6CCCN6)[nH]4)ccc3-5)[nH]2)N(C(O)C(NC(=O)OC)C(C)C)C1. The van der Waals surface area contributed by atoms with Gasteiger partial charge in [0.15, 0.2) is 0 Å². The third-order valence-electron chi connectivity index (χ3n) is 10.7. The molecular formula is C38H45N7O5. The number of nitrogens with one attached hydrogen (secondary N) is 4. The lowest BCUT2D eigenvalue weighted by Crippen LogP contribution is -2.54. The molecule has 12 heteroatoms. The second-order valence-electron chi connectivity index (χ2n) is 14.2. The summed E-state index contributed by atoms with van der Waals surface area (Å²) in [5.74, 6) is 2.76. The smallest absolute Gasteiger partial charge is 0.407 e. The molecule has 3 aromatic carbocycles. The van der Waals surface area contributed by atoms with E-state index < -0.39 is 18.4 Å². The van der Waals surface area contributed by atoms with E-state index in [0.29, 0.717) is 25.8 Å². The number of aromatic amines is 2. The van der Waals surface area contributed by atoms with E-state index in [1.54, 1.807) is 7.11 Å². The fourth-order valence-electron chi connectivity index (χ4n) is 8.06. The minimum atomic E-state index is -0.952. The summed E-state index contributed by atoms with van der Waals surface area (Å²) < 4.78 is 16.8. The predicted octanol–water partition coefficient (Wildman–Crippen LogP) is 5.80. The van der Waals surface area contributed by atoms with Crippen molar-refractivity contribution in [3.8, 4) is 28.1 Å². The van der Waals surface area contributed by atoms with E-state index >= 15 is 0 Å². The molecule has 2 fully saturated rings. The number of methoxy groups -OCH3 is 2. The van der Waals surface area contributed by atoms with Crippen molar-refractivity contribution < 1.29 is 24.1 Å². The van der Waals surface area contributed by atoms with Crippen LogP contribution in [0.2, 0.25) is 0 Å². The Labute approximate surface area is 290 Å². The number of aliphatic hydroxyl groups excluding tert-OH is 1. The molecule has 0 saturated carbocycles. The van der Waals surface area contributed by atoms with Gasteiger partial charge in [0, 0.05) is 24.6 Å². The van der Waals surface area contributed by atoms with Crippen LogP contribution in [0, 0.1) is 11.8 Å².